The number of nitrogens with zero attached hydrogens (tertiary/aromatic N) is 7. The Bertz CT molecular complexity index is 2540. The molecule has 1 heterocycles. The van der Waals surface area contributed by atoms with Crippen molar-refractivity contribution in [3.63, 3.8) is 0 Å². The second-order valence-electron chi connectivity index (χ2n) is 26.7. The van der Waals surface area contributed by atoms with Crippen LogP contribution in [0.25, 0.3) is 0 Å². The molecule has 0 aromatic heterocycles. The summed E-state index contributed by atoms with van der Waals surface area (Å²) in [6.07, 6.45) is 2.75. The van der Waals surface area contributed by atoms with Gasteiger partial charge in [-0.15, -0.1) is 11.6 Å². The number of hydrogen-bond acceptors (Lipinski definition) is 13. The topological polar surface area (TPSA) is 285 Å². The number of amides is 11. The number of alkyl halides is 1. The molecule has 25 heteroatoms. The molecule has 1 aliphatic rings. The molecular formula is C65H112ClN11O13. The Labute approximate surface area is 542 Å². The van der Waals surface area contributed by atoms with Crippen LogP contribution in [0.1, 0.15) is 156 Å². The van der Waals surface area contributed by atoms with E-state index in [2.05, 4.69) is 27.8 Å². The Morgan fingerprint density at radius 2 is 0.967 bits per heavy atom. The van der Waals surface area contributed by atoms with E-state index in [1.54, 1.807) is 53.7 Å². The van der Waals surface area contributed by atoms with Crippen molar-refractivity contribution in [2.45, 2.75) is 222 Å². The van der Waals surface area contributed by atoms with Gasteiger partial charge in [0.2, 0.25) is 65.0 Å². The average Bonchev–Trinajstić information content (AvgIpc) is 0.990. The maximum atomic E-state index is 15.5. The summed E-state index contributed by atoms with van der Waals surface area (Å²) in [6, 6.07) is -12.9. The van der Waals surface area contributed by atoms with Gasteiger partial charge in [-0.2, -0.15) is 0 Å². The summed E-state index contributed by atoms with van der Waals surface area (Å²) in [5.41, 5.74) is 0.168. The number of esters is 1. The van der Waals surface area contributed by atoms with Gasteiger partial charge in [-0.1, -0.05) is 115 Å². The molecular weight excluding hydrogens is 1180 g/mol. The van der Waals surface area contributed by atoms with Crippen LogP contribution in [0.15, 0.2) is 24.3 Å². The molecule has 0 radical (unpaired) electrons. The third-order valence-electron chi connectivity index (χ3n) is 16.3. The molecule has 11 atom stereocenters. The van der Waals surface area contributed by atoms with Crippen molar-refractivity contribution in [3.8, 4) is 0 Å². The smallest absolute Gasteiger partial charge is 0.321 e. The van der Waals surface area contributed by atoms with Crippen LogP contribution in [-0.4, -0.2) is 234 Å². The summed E-state index contributed by atoms with van der Waals surface area (Å²) in [6.45, 7) is 31.6. The minimum atomic E-state index is -1.76. The predicted octanol–water partition coefficient (Wildman–Crippen LogP) is 4.37. The highest BCUT2D eigenvalue weighted by Gasteiger charge is 2.46. The van der Waals surface area contributed by atoms with Gasteiger partial charge in [-0.05, 0) is 100 Å². The summed E-state index contributed by atoms with van der Waals surface area (Å²) in [5.74, 6) is -11.3. The molecule has 4 unspecified atom stereocenters. The number of ether oxygens (including phenoxy) is 1. The van der Waals surface area contributed by atoms with Crippen LogP contribution < -0.4 is 21.3 Å². The lowest BCUT2D eigenvalue weighted by molar-refractivity contribution is -0.160. The number of rotatable bonds is 18. The van der Waals surface area contributed by atoms with Gasteiger partial charge >= 0.3 is 5.97 Å². The second kappa shape index (κ2) is 37.7. The summed E-state index contributed by atoms with van der Waals surface area (Å²) in [5, 5.41) is 11.0. The van der Waals surface area contributed by atoms with Crippen LogP contribution >= 0.6 is 11.6 Å². The molecule has 1 fully saturated rings. The van der Waals surface area contributed by atoms with E-state index in [0.29, 0.717) is 6.42 Å². The highest BCUT2D eigenvalue weighted by molar-refractivity contribution is 6.26. The van der Waals surface area contributed by atoms with Crippen LogP contribution in [0.4, 0.5) is 0 Å². The Kier molecular flexibility index (Phi) is 34.1. The third kappa shape index (κ3) is 23.3. The van der Waals surface area contributed by atoms with Gasteiger partial charge in [-0.25, -0.2) is 0 Å². The largest absolute Gasteiger partial charge is 0.454 e. The van der Waals surface area contributed by atoms with E-state index in [-0.39, 0.29) is 67.8 Å². The summed E-state index contributed by atoms with van der Waals surface area (Å²) in [7, 11) is 9.76. The van der Waals surface area contributed by atoms with Gasteiger partial charge < -0.3 is 60.3 Å². The highest BCUT2D eigenvalue weighted by atomic mass is 35.5. The van der Waals surface area contributed by atoms with E-state index in [1.807, 2.05) is 55.4 Å². The molecule has 0 aliphatic carbocycles. The molecule has 0 bridgehead atoms. The Morgan fingerprint density at radius 3 is 1.42 bits per heavy atom. The van der Waals surface area contributed by atoms with Crippen molar-refractivity contribution in [1.29, 1.82) is 0 Å². The summed E-state index contributed by atoms with van der Waals surface area (Å²) in [4.78, 5) is 183. The zero-order chi connectivity index (χ0) is 69.7. The number of allylic oxidation sites excluding steroid dienone is 2. The summed E-state index contributed by atoms with van der Waals surface area (Å²) < 4.78 is 5.87. The van der Waals surface area contributed by atoms with Gasteiger partial charge in [0.15, 0.2) is 12.1 Å². The second-order valence-corrected chi connectivity index (χ2v) is 26.9. The van der Waals surface area contributed by atoms with Crippen LogP contribution in [-0.2, 0) is 62.3 Å². The molecule has 0 aromatic carbocycles. The first kappa shape index (κ1) is 81.4. The van der Waals surface area contributed by atoms with E-state index in [1.165, 1.54) is 87.7 Å². The fourth-order valence-electron chi connectivity index (χ4n) is 11.0. The van der Waals surface area contributed by atoms with Crippen molar-refractivity contribution in [2.75, 3.05) is 61.8 Å². The number of carbonyl (C=O) groups excluding carboxylic acids is 12. The van der Waals surface area contributed by atoms with Gasteiger partial charge in [0.25, 0.3) is 0 Å². The van der Waals surface area contributed by atoms with Gasteiger partial charge in [0.1, 0.15) is 60.3 Å². The third-order valence-corrected chi connectivity index (χ3v) is 16.5. The number of halogens is 1. The molecule has 0 saturated carbocycles. The van der Waals surface area contributed by atoms with Crippen LogP contribution in [0.5, 0.6) is 0 Å². The van der Waals surface area contributed by atoms with Gasteiger partial charge in [0.05, 0.1) is 6.54 Å². The van der Waals surface area contributed by atoms with Crippen molar-refractivity contribution in [2.24, 2.45) is 35.5 Å². The molecule has 1 saturated heterocycles. The van der Waals surface area contributed by atoms with Gasteiger partial charge in [0, 0.05) is 49.3 Å². The Balaban J connectivity index is 4.50. The first-order valence-corrected chi connectivity index (χ1v) is 32.3. The monoisotopic (exact) mass is 1290 g/mol. The fourth-order valence-corrected chi connectivity index (χ4v) is 11.0. The highest BCUT2D eigenvalue weighted by Crippen LogP contribution is 2.27. The first-order chi connectivity index (χ1) is 41.6. The molecule has 24 nitrogen and oxygen atoms in total. The quantitative estimate of drug-likeness (QED) is 0.0844. The van der Waals surface area contributed by atoms with Crippen molar-refractivity contribution < 1.29 is 62.3 Å². The molecule has 512 valence electrons. The minimum absolute atomic E-state index is 0.0243. The molecule has 90 heavy (non-hydrogen) atoms. The lowest BCUT2D eigenvalue weighted by atomic mass is 9.94. The lowest BCUT2D eigenvalue weighted by Gasteiger charge is -2.41. The number of carbonyl (C=O) groups is 12. The molecule has 1 rings (SSSR count). The SMILES string of the molecule is C=C(C/C=C/C)[C@@H](OC(=O)CCl)[C@H]1C(=O)NC(CCC)C(=O)N(C)CC(=O)N(C)C(CC(C)C)C(=O)N[C@@H](C(C)C)C(=O)N(C)[C@@H](CC(C)C)C(=O)N[C@@H](C)C(=O)NC(C)C(=O)N(C)[C@@H](CC(C)C)C(=O)N(C)C(CC(C)C)C(=O)N(C)[C@@H](C(C)C)C(=O)N1C. The molecule has 11 amide bonds. The predicted molar refractivity (Wildman–Crippen MR) is 348 cm³/mol. The van der Waals surface area contributed by atoms with E-state index in [0.717, 1.165) is 9.80 Å². The minimum Gasteiger partial charge on any atom is -0.454 e. The fraction of sp³-hybridized carbons (Fsp3) is 0.754. The maximum Gasteiger partial charge on any atom is 0.321 e. The first-order valence-electron chi connectivity index (χ1n) is 31.7. The Morgan fingerprint density at radius 1 is 0.533 bits per heavy atom. The van der Waals surface area contributed by atoms with E-state index in [9.17, 15) is 38.4 Å². The number of nitrogens with one attached hydrogen (secondary N) is 4. The van der Waals surface area contributed by atoms with Crippen LogP contribution in [0, 0.1) is 35.5 Å². The molecule has 4 N–H and O–H groups in total. The van der Waals surface area contributed by atoms with Crippen LogP contribution in [0.2, 0.25) is 0 Å². The lowest BCUT2D eigenvalue weighted by Crippen LogP contribution is -2.63. The number of hydrogen-bond donors (Lipinski definition) is 4. The summed E-state index contributed by atoms with van der Waals surface area (Å²) >= 11 is 6.01. The molecule has 1 aliphatic heterocycles. The van der Waals surface area contributed by atoms with Crippen molar-refractivity contribution in [3.05, 3.63) is 24.3 Å². The average molecular weight is 1290 g/mol. The van der Waals surface area contributed by atoms with E-state index in [4.69, 9.17) is 16.3 Å². The molecule has 0 spiro atoms. The van der Waals surface area contributed by atoms with E-state index >= 15 is 19.2 Å². The molecule has 0 aromatic rings. The van der Waals surface area contributed by atoms with Crippen molar-refractivity contribution >= 4 is 82.5 Å². The maximum absolute atomic E-state index is 15.5. The van der Waals surface area contributed by atoms with E-state index < -0.39 is 162 Å². The zero-order valence-corrected chi connectivity index (χ0v) is 59.1. The Hall–Kier alpha value is -6.59. The van der Waals surface area contributed by atoms with Crippen LogP contribution in [0.3, 0.4) is 0 Å². The number of likely N-dealkylation sites (N-methyl/N-ethyl adjacent to an activating group) is 7. The van der Waals surface area contributed by atoms with Gasteiger partial charge in [-0.3, -0.25) is 57.5 Å². The normalized spacial score (nSPS) is 25.6. The zero-order valence-electron chi connectivity index (χ0n) is 58.4. The standard InChI is InChI=1S/C65H112ClN11O13/c1-25-27-29-42(15)55(90-51(79)34-66)54-59(83)69-45(28-26-2)61(85)71(18)35-50(78)72(19)46(30-36(3)4)58(82)70-52(40(11)12)64(88)73(20)47(31-37(5)6)57(81)67-43(16)56(80)68-44(17)60(84)74(21)48(32-38(7)8)62(86)75(22)49(33-39(9)10)63(87)76(23)53(41(13)14)65(89)77(54)24/h25,27,36-41,43-49,52-55H,15,26,28-35H2,1-14,16-24H3,(H,67,81)(H,68,80)(H,69,83)(H,70,82)/b27-25+/t43-,44?,45?,46?,47-,48-,49?,52-,53-,54-,55+/m0/s1. The van der Waals surface area contributed by atoms with Crippen molar-refractivity contribution in [1.82, 2.24) is 55.6 Å².